The maximum absolute atomic E-state index is 8.86. The molecule has 1 atom stereocenters. The van der Waals surface area contributed by atoms with Crippen LogP contribution < -0.4 is 4.74 Å². The normalized spacial score (nSPS) is 12.2. The predicted octanol–water partition coefficient (Wildman–Crippen LogP) is 0.986. The van der Waals surface area contributed by atoms with Gasteiger partial charge in [0.15, 0.2) is 0 Å². The zero-order valence-electron chi connectivity index (χ0n) is 10.1. The van der Waals surface area contributed by atoms with Gasteiger partial charge in [0, 0.05) is 12.7 Å². The highest BCUT2D eigenvalue weighted by molar-refractivity contribution is 5.31. The number of hydrogen-bond acceptors (Lipinski definition) is 5. The first kappa shape index (κ1) is 12.4. The van der Waals surface area contributed by atoms with Crippen LogP contribution in [0.5, 0.6) is 5.88 Å². The molecule has 0 saturated carbocycles. The standard InChI is InChI=1S/C11H16N4O/c1-8-6-13-10(5-12)11(14-8)16-9(2)7-15(3)4/h6,9H,7H2,1-4H3. The molecule has 1 unspecified atom stereocenters. The maximum atomic E-state index is 8.86. The summed E-state index contributed by atoms with van der Waals surface area (Å²) in [6.07, 6.45) is 1.53. The summed E-state index contributed by atoms with van der Waals surface area (Å²) in [6.45, 7) is 4.52. The van der Waals surface area contributed by atoms with Crippen LogP contribution in [0.1, 0.15) is 18.3 Å². The van der Waals surface area contributed by atoms with Gasteiger partial charge in [0.25, 0.3) is 5.88 Å². The molecule has 1 aromatic rings. The fraction of sp³-hybridized carbons (Fsp3) is 0.545. The third-order valence-electron chi connectivity index (χ3n) is 1.90. The van der Waals surface area contributed by atoms with E-state index >= 15 is 0 Å². The quantitative estimate of drug-likeness (QED) is 0.757. The lowest BCUT2D eigenvalue weighted by atomic mass is 10.3. The Kier molecular flexibility index (Phi) is 4.20. The molecule has 0 saturated heterocycles. The van der Waals surface area contributed by atoms with Crippen molar-refractivity contribution in [1.82, 2.24) is 14.9 Å². The molecule has 0 spiro atoms. The zero-order chi connectivity index (χ0) is 12.1. The van der Waals surface area contributed by atoms with E-state index < -0.39 is 0 Å². The summed E-state index contributed by atoms with van der Waals surface area (Å²) >= 11 is 0. The second-order valence-corrected chi connectivity index (χ2v) is 3.97. The van der Waals surface area contributed by atoms with Gasteiger partial charge in [-0.05, 0) is 27.9 Å². The fourth-order valence-corrected chi connectivity index (χ4v) is 1.36. The summed E-state index contributed by atoms with van der Waals surface area (Å²) in [5, 5.41) is 8.86. The van der Waals surface area contributed by atoms with Crippen molar-refractivity contribution < 1.29 is 4.74 Å². The van der Waals surface area contributed by atoms with Crippen molar-refractivity contribution in [2.75, 3.05) is 20.6 Å². The summed E-state index contributed by atoms with van der Waals surface area (Å²) in [4.78, 5) is 10.1. The SMILES string of the molecule is Cc1cnc(C#N)c(OC(C)CN(C)C)n1. The Hall–Kier alpha value is -1.67. The molecule has 1 rings (SSSR count). The van der Waals surface area contributed by atoms with Gasteiger partial charge >= 0.3 is 0 Å². The van der Waals surface area contributed by atoms with Crippen molar-refractivity contribution in [3.05, 3.63) is 17.6 Å². The van der Waals surface area contributed by atoms with Crippen LogP contribution in [0.2, 0.25) is 0 Å². The Bertz CT molecular complexity index is 397. The van der Waals surface area contributed by atoms with Crippen LogP contribution in [-0.4, -0.2) is 41.6 Å². The third-order valence-corrected chi connectivity index (χ3v) is 1.90. The number of ether oxygens (including phenoxy) is 1. The van der Waals surface area contributed by atoms with Gasteiger partial charge in [-0.3, -0.25) is 0 Å². The largest absolute Gasteiger partial charge is 0.471 e. The van der Waals surface area contributed by atoms with Crippen LogP contribution in [0, 0.1) is 18.3 Å². The Balaban J connectivity index is 2.80. The topological polar surface area (TPSA) is 62.0 Å². The minimum Gasteiger partial charge on any atom is -0.471 e. The summed E-state index contributed by atoms with van der Waals surface area (Å²) in [5.74, 6) is 0.317. The molecule has 86 valence electrons. The number of aromatic nitrogens is 2. The molecule has 0 bridgehead atoms. The molecule has 0 N–H and O–H groups in total. The van der Waals surface area contributed by atoms with Crippen LogP contribution in [-0.2, 0) is 0 Å². The van der Waals surface area contributed by atoms with Crippen molar-refractivity contribution in [3.63, 3.8) is 0 Å². The Morgan fingerprint density at radius 1 is 1.56 bits per heavy atom. The monoisotopic (exact) mass is 220 g/mol. The smallest absolute Gasteiger partial charge is 0.251 e. The Morgan fingerprint density at radius 2 is 2.25 bits per heavy atom. The second kappa shape index (κ2) is 5.42. The van der Waals surface area contributed by atoms with E-state index in [1.54, 1.807) is 6.20 Å². The number of likely N-dealkylation sites (N-methyl/N-ethyl adjacent to an activating group) is 1. The molecule has 16 heavy (non-hydrogen) atoms. The van der Waals surface area contributed by atoms with Gasteiger partial charge in [0.2, 0.25) is 5.69 Å². The third kappa shape index (κ3) is 3.48. The van der Waals surface area contributed by atoms with E-state index in [2.05, 4.69) is 9.97 Å². The molecule has 0 amide bonds. The van der Waals surface area contributed by atoms with Gasteiger partial charge in [0.05, 0.1) is 5.69 Å². The molecule has 0 fully saturated rings. The molecule has 0 aromatic carbocycles. The average Bonchev–Trinajstić information content (AvgIpc) is 2.16. The summed E-state index contributed by atoms with van der Waals surface area (Å²) < 4.78 is 5.59. The summed E-state index contributed by atoms with van der Waals surface area (Å²) in [6, 6.07) is 1.97. The van der Waals surface area contributed by atoms with Crippen molar-refractivity contribution in [2.24, 2.45) is 0 Å². The van der Waals surface area contributed by atoms with Gasteiger partial charge < -0.3 is 9.64 Å². The van der Waals surface area contributed by atoms with Gasteiger partial charge in [-0.1, -0.05) is 0 Å². The van der Waals surface area contributed by atoms with Crippen molar-refractivity contribution in [1.29, 1.82) is 5.26 Å². The molecule has 1 heterocycles. The molecular formula is C11H16N4O. The molecule has 0 radical (unpaired) electrons. The number of nitrogens with zero attached hydrogens (tertiary/aromatic N) is 4. The van der Waals surface area contributed by atoms with Crippen LogP contribution >= 0.6 is 0 Å². The summed E-state index contributed by atoms with van der Waals surface area (Å²) in [5.41, 5.74) is 0.974. The molecule has 0 aliphatic carbocycles. The highest BCUT2D eigenvalue weighted by atomic mass is 16.5. The van der Waals surface area contributed by atoms with E-state index in [0.29, 0.717) is 5.88 Å². The number of aryl methyl sites for hydroxylation is 1. The van der Waals surface area contributed by atoms with Gasteiger partial charge in [-0.2, -0.15) is 5.26 Å². The Labute approximate surface area is 95.7 Å². The minimum absolute atomic E-state index is 0.0294. The van der Waals surface area contributed by atoms with E-state index in [1.807, 2.05) is 38.9 Å². The van der Waals surface area contributed by atoms with Crippen LogP contribution in [0.25, 0.3) is 0 Å². The van der Waals surface area contributed by atoms with Crippen molar-refractivity contribution in [3.8, 4) is 11.9 Å². The van der Waals surface area contributed by atoms with Crippen LogP contribution in [0.4, 0.5) is 0 Å². The lowest BCUT2D eigenvalue weighted by molar-refractivity contribution is 0.169. The molecular weight excluding hydrogens is 204 g/mol. The minimum atomic E-state index is -0.0294. The van der Waals surface area contributed by atoms with Crippen LogP contribution in [0.15, 0.2) is 6.20 Å². The summed E-state index contributed by atoms with van der Waals surface area (Å²) in [7, 11) is 3.93. The number of rotatable bonds is 4. The molecule has 5 heteroatoms. The van der Waals surface area contributed by atoms with Gasteiger partial charge in [-0.15, -0.1) is 0 Å². The van der Waals surface area contributed by atoms with E-state index in [4.69, 9.17) is 10.00 Å². The van der Waals surface area contributed by atoms with Crippen LogP contribution in [0.3, 0.4) is 0 Å². The first-order valence-electron chi connectivity index (χ1n) is 5.08. The van der Waals surface area contributed by atoms with E-state index in [0.717, 1.165) is 12.2 Å². The molecule has 0 aliphatic rings. The number of hydrogen-bond donors (Lipinski definition) is 0. The zero-order valence-corrected chi connectivity index (χ0v) is 10.1. The molecule has 0 aliphatic heterocycles. The fourth-order valence-electron chi connectivity index (χ4n) is 1.36. The maximum Gasteiger partial charge on any atom is 0.251 e. The lowest BCUT2D eigenvalue weighted by Crippen LogP contribution is -2.28. The Morgan fingerprint density at radius 3 is 2.81 bits per heavy atom. The van der Waals surface area contributed by atoms with Crippen molar-refractivity contribution in [2.45, 2.75) is 20.0 Å². The van der Waals surface area contributed by atoms with E-state index in [9.17, 15) is 0 Å². The second-order valence-electron chi connectivity index (χ2n) is 3.97. The van der Waals surface area contributed by atoms with Gasteiger partial charge in [0.1, 0.15) is 12.2 Å². The predicted molar refractivity (Wildman–Crippen MR) is 60.1 cm³/mol. The average molecular weight is 220 g/mol. The highest BCUT2D eigenvalue weighted by Gasteiger charge is 2.12. The molecule has 1 aromatic heterocycles. The van der Waals surface area contributed by atoms with E-state index in [-0.39, 0.29) is 11.8 Å². The first-order valence-corrected chi connectivity index (χ1v) is 5.08. The first-order chi connectivity index (χ1) is 7.52. The number of nitriles is 1. The highest BCUT2D eigenvalue weighted by Crippen LogP contribution is 2.13. The lowest BCUT2D eigenvalue weighted by Gasteiger charge is -2.18. The van der Waals surface area contributed by atoms with Gasteiger partial charge in [-0.25, -0.2) is 9.97 Å². The molecule has 5 nitrogen and oxygen atoms in total. The van der Waals surface area contributed by atoms with Crippen molar-refractivity contribution >= 4 is 0 Å². The van der Waals surface area contributed by atoms with E-state index in [1.165, 1.54) is 0 Å².